The van der Waals surface area contributed by atoms with Crippen molar-refractivity contribution in [1.29, 1.82) is 0 Å². The number of para-hydroxylation sites is 2. The average molecular weight is 431 g/mol. The van der Waals surface area contributed by atoms with Crippen LogP contribution in [-0.4, -0.2) is 27.0 Å². The van der Waals surface area contributed by atoms with Gasteiger partial charge in [0.25, 0.3) is 5.79 Å². The van der Waals surface area contributed by atoms with Crippen molar-refractivity contribution >= 4 is 34.4 Å². The lowest BCUT2D eigenvalue weighted by Crippen LogP contribution is -2.34. The van der Waals surface area contributed by atoms with Gasteiger partial charge >= 0.3 is 6.55 Å². The van der Waals surface area contributed by atoms with Gasteiger partial charge in [-0.3, -0.25) is 9.36 Å². The molecule has 1 aromatic heterocycles. The molecule has 1 spiro atoms. The van der Waals surface area contributed by atoms with E-state index in [1.54, 1.807) is 42.5 Å². The maximum Gasteiger partial charge on any atom is 0.321 e. The Balaban J connectivity index is 1.26. The molecule has 1 saturated carbocycles. The minimum atomic E-state index is -2.74. The van der Waals surface area contributed by atoms with Crippen molar-refractivity contribution in [3.05, 3.63) is 42.5 Å². The zero-order chi connectivity index (χ0) is 20.7. The number of carbonyl (C=O) groups excluding carboxylic acids is 1. The molecule has 30 heavy (non-hydrogen) atoms. The molecule has 3 aromatic rings. The molecule has 0 bridgehead atoms. The van der Waals surface area contributed by atoms with Crippen LogP contribution in [0.1, 0.15) is 32.2 Å². The number of nitrogens with one attached hydrogen (secondary N) is 1. The number of thioether (sulfide) groups is 1. The summed E-state index contributed by atoms with van der Waals surface area (Å²) in [6.45, 7) is -2.74. The van der Waals surface area contributed by atoms with E-state index in [2.05, 4.69) is 10.3 Å². The maximum absolute atomic E-state index is 13.5. The molecule has 0 atom stereocenters. The lowest BCUT2D eigenvalue weighted by molar-refractivity contribution is -0.113. The number of hydrogen-bond donors (Lipinski definition) is 1. The number of carbonyl (C=O) groups is 1. The van der Waals surface area contributed by atoms with Crippen LogP contribution >= 0.6 is 11.8 Å². The van der Waals surface area contributed by atoms with E-state index in [0.29, 0.717) is 28.2 Å². The highest BCUT2D eigenvalue weighted by Crippen LogP contribution is 2.47. The number of imidazole rings is 1. The summed E-state index contributed by atoms with van der Waals surface area (Å²) >= 11 is 0.973. The molecule has 1 fully saturated rings. The van der Waals surface area contributed by atoms with Crippen molar-refractivity contribution < 1.29 is 23.0 Å². The van der Waals surface area contributed by atoms with Crippen LogP contribution < -0.4 is 14.8 Å². The predicted octanol–water partition coefficient (Wildman–Crippen LogP) is 5.20. The second-order valence-corrected chi connectivity index (χ2v) is 8.29. The van der Waals surface area contributed by atoms with E-state index in [-0.39, 0.29) is 16.8 Å². The largest absolute Gasteiger partial charge is 0.448 e. The monoisotopic (exact) mass is 431 g/mol. The Morgan fingerprint density at radius 1 is 1.17 bits per heavy atom. The lowest BCUT2D eigenvalue weighted by atomic mass is 10.2. The molecule has 2 heterocycles. The molecule has 9 heteroatoms. The average Bonchev–Trinajstić information content (AvgIpc) is 3.42. The molecular formula is C21H19F2N3O3S. The summed E-state index contributed by atoms with van der Waals surface area (Å²) in [6.07, 6.45) is 3.84. The maximum atomic E-state index is 13.5. The molecule has 1 N–H and O–H groups in total. The van der Waals surface area contributed by atoms with Gasteiger partial charge in [-0.2, -0.15) is 8.78 Å². The Bertz CT molecular complexity index is 1110. The summed E-state index contributed by atoms with van der Waals surface area (Å²) in [5.74, 6) is 0.364. The van der Waals surface area contributed by atoms with Crippen LogP contribution in [0.25, 0.3) is 11.0 Å². The summed E-state index contributed by atoms with van der Waals surface area (Å²) in [5.41, 5.74) is 1.38. The minimum Gasteiger partial charge on any atom is -0.448 e. The molecule has 1 aliphatic heterocycles. The second-order valence-electron chi connectivity index (χ2n) is 7.35. The van der Waals surface area contributed by atoms with E-state index >= 15 is 0 Å². The summed E-state index contributed by atoms with van der Waals surface area (Å²) in [7, 11) is 0. The number of benzene rings is 2. The summed E-state index contributed by atoms with van der Waals surface area (Å²) < 4.78 is 39.8. The van der Waals surface area contributed by atoms with Crippen molar-refractivity contribution in [3.8, 4) is 11.5 Å². The van der Waals surface area contributed by atoms with Crippen molar-refractivity contribution in [2.75, 3.05) is 11.1 Å². The quantitative estimate of drug-likeness (QED) is 0.562. The predicted molar refractivity (Wildman–Crippen MR) is 109 cm³/mol. The van der Waals surface area contributed by atoms with Gasteiger partial charge in [-0.1, -0.05) is 23.9 Å². The molecule has 5 rings (SSSR count). The van der Waals surface area contributed by atoms with Gasteiger partial charge in [-0.05, 0) is 37.1 Å². The zero-order valence-electron chi connectivity index (χ0n) is 15.9. The van der Waals surface area contributed by atoms with Gasteiger partial charge in [-0.25, -0.2) is 4.98 Å². The highest BCUT2D eigenvalue weighted by atomic mass is 32.2. The van der Waals surface area contributed by atoms with E-state index in [0.717, 1.165) is 42.0 Å². The van der Waals surface area contributed by atoms with E-state index in [9.17, 15) is 13.6 Å². The Kier molecular flexibility index (Phi) is 4.77. The number of anilines is 1. The van der Waals surface area contributed by atoms with Gasteiger partial charge < -0.3 is 14.8 Å². The fraction of sp³-hybridized carbons (Fsp3) is 0.333. The Labute approximate surface area is 175 Å². The number of nitrogens with zero attached hydrogens (tertiary/aromatic N) is 2. The van der Waals surface area contributed by atoms with Crippen LogP contribution in [0.2, 0.25) is 0 Å². The molecule has 1 amide bonds. The first-order valence-electron chi connectivity index (χ1n) is 9.73. The Morgan fingerprint density at radius 3 is 2.73 bits per heavy atom. The third-order valence-corrected chi connectivity index (χ3v) is 6.23. The normalized spacial score (nSPS) is 16.6. The fourth-order valence-electron chi connectivity index (χ4n) is 3.93. The van der Waals surface area contributed by atoms with Crippen LogP contribution in [0.4, 0.5) is 14.5 Å². The van der Waals surface area contributed by atoms with E-state index in [4.69, 9.17) is 9.47 Å². The van der Waals surface area contributed by atoms with Gasteiger partial charge in [0.2, 0.25) is 5.91 Å². The topological polar surface area (TPSA) is 65.4 Å². The fourth-order valence-corrected chi connectivity index (χ4v) is 4.74. The zero-order valence-corrected chi connectivity index (χ0v) is 16.8. The molecule has 156 valence electrons. The molecule has 2 aliphatic rings. The number of ether oxygens (including phenoxy) is 2. The second kappa shape index (κ2) is 7.46. The first kappa shape index (κ1) is 19.2. The molecule has 0 saturated heterocycles. The molecule has 1 aliphatic carbocycles. The summed E-state index contributed by atoms with van der Waals surface area (Å²) in [6, 6.07) is 11.9. The van der Waals surface area contributed by atoms with Gasteiger partial charge in [-0.15, -0.1) is 0 Å². The number of alkyl halides is 2. The number of amides is 1. The van der Waals surface area contributed by atoms with E-state index < -0.39 is 12.3 Å². The molecular weight excluding hydrogens is 412 g/mol. The SMILES string of the molecule is O=C(CSc1nc2ccccc2n1C(F)F)Nc1ccc2c(c1)OC1(CCCC1)O2. The standard InChI is InChI=1S/C21H19F2N3O3S/c22-19(23)26-15-6-2-1-5-14(15)25-20(26)30-12-18(27)24-13-7-8-16-17(11-13)29-21(28-16)9-3-4-10-21/h1-2,5-8,11,19H,3-4,9-10,12H2,(H,24,27). The van der Waals surface area contributed by atoms with Crippen LogP contribution in [0.5, 0.6) is 11.5 Å². The Hall–Kier alpha value is -2.81. The van der Waals surface area contributed by atoms with Crippen LogP contribution in [0.3, 0.4) is 0 Å². The lowest BCUT2D eigenvalue weighted by Gasteiger charge is -2.21. The van der Waals surface area contributed by atoms with Crippen molar-refractivity contribution in [1.82, 2.24) is 9.55 Å². The van der Waals surface area contributed by atoms with Crippen LogP contribution in [0, 0.1) is 0 Å². The van der Waals surface area contributed by atoms with Crippen LogP contribution in [-0.2, 0) is 4.79 Å². The van der Waals surface area contributed by atoms with Gasteiger partial charge in [0.05, 0.1) is 16.8 Å². The summed E-state index contributed by atoms with van der Waals surface area (Å²) in [4.78, 5) is 16.6. The van der Waals surface area contributed by atoms with E-state index in [1.807, 2.05) is 0 Å². The third kappa shape index (κ3) is 3.47. The van der Waals surface area contributed by atoms with Gasteiger partial charge in [0.15, 0.2) is 16.7 Å². The first-order chi connectivity index (χ1) is 14.5. The Morgan fingerprint density at radius 2 is 1.93 bits per heavy atom. The number of halogens is 2. The van der Waals surface area contributed by atoms with Gasteiger partial charge in [0.1, 0.15) is 0 Å². The number of aromatic nitrogens is 2. The molecule has 2 aromatic carbocycles. The molecule has 0 radical (unpaired) electrons. The molecule has 6 nitrogen and oxygen atoms in total. The highest BCUT2D eigenvalue weighted by Gasteiger charge is 2.44. The van der Waals surface area contributed by atoms with E-state index in [1.165, 1.54) is 0 Å². The van der Waals surface area contributed by atoms with Gasteiger partial charge in [0, 0.05) is 24.6 Å². The van der Waals surface area contributed by atoms with Crippen molar-refractivity contribution in [2.45, 2.75) is 43.2 Å². The third-order valence-electron chi connectivity index (χ3n) is 5.28. The number of fused-ring (bicyclic) bond motifs is 2. The highest BCUT2D eigenvalue weighted by molar-refractivity contribution is 7.99. The molecule has 0 unspecified atom stereocenters. The summed E-state index contributed by atoms with van der Waals surface area (Å²) in [5, 5.41) is 2.89. The van der Waals surface area contributed by atoms with Crippen molar-refractivity contribution in [3.63, 3.8) is 0 Å². The smallest absolute Gasteiger partial charge is 0.321 e. The number of rotatable bonds is 5. The van der Waals surface area contributed by atoms with Crippen molar-refractivity contribution in [2.24, 2.45) is 0 Å². The number of hydrogen-bond acceptors (Lipinski definition) is 5. The first-order valence-corrected chi connectivity index (χ1v) is 10.7. The van der Waals surface area contributed by atoms with Crippen LogP contribution in [0.15, 0.2) is 47.6 Å². The minimum absolute atomic E-state index is 0.0472.